The van der Waals surface area contributed by atoms with Crippen molar-refractivity contribution in [2.45, 2.75) is 43.7 Å². The third-order valence-corrected chi connectivity index (χ3v) is 6.72. The molecule has 0 spiro atoms. The van der Waals surface area contributed by atoms with Crippen molar-refractivity contribution in [2.75, 3.05) is 20.6 Å². The van der Waals surface area contributed by atoms with E-state index in [1.165, 1.54) is 17.7 Å². The molecule has 3 N–H and O–H groups in total. The van der Waals surface area contributed by atoms with Crippen molar-refractivity contribution < 1.29 is 9.18 Å². The Kier molecular flexibility index (Phi) is 7.80. The second kappa shape index (κ2) is 10.4. The van der Waals surface area contributed by atoms with Crippen molar-refractivity contribution in [3.05, 3.63) is 71.7 Å². The summed E-state index contributed by atoms with van der Waals surface area (Å²) in [5, 5.41) is 6.96. The van der Waals surface area contributed by atoms with Gasteiger partial charge in [-0.15, -0.1) is 12.4 Å². The molecule has 1 heterocycles. The van der Waals surface area contributed by atoms with Gasteiger partial charge in [-0.1, -0.05) is 30.3 Å². The smallest absolute Gasteiger partial charge is 0.315 e. The maximum absolute atomic E-state index is 13.5. The molecule has 0 saturated heterocycles. The van der Waals surface area contributed by atoms with Crippen molar-refractivity contribution in [1.82, 2.24) is 20.5 Å². The first-order valence-corrected chi connectivity index (χ1v) is 11.0. The molecule has 0 radical (unpaired) electrons. The Balaban J connectivity index is 0.00000289. The number of hydrogen-bond acceptors (Lipinski definition) is 2. The lowest BCUT2D eigenvalue weighted by Crippen LogP contribution is -2.50. The number of nitrogens with one attached hydrogen (secondary N) is 3. The number of H-pyrrole nitrogens is 1. The predicted molar refractivity (Wildman–Crippen MR) is 130 cm³/mol. The highest BCUT2D eigenvalue weighted by Crippen LogP contribution is 2.40. The van der Waals surface area contributed by atoms with Crippen LogP contribution in [0.2, 0.25) is 0 Å². The number of carbonyl (C=O) groups is 1. The summed E-state index contributed by atoms with van der Waals surface area (Å²) in [6, 6.07) is 15.4. The number of carbonyl (C=O) groups excluding carboxylic acids is 1. The first kappa shape index (κ1) is 24.1. The van der Waals surface area contributed by atoms with E-state index in [1.807, 2.05) is 6.20 Å². The van der Waals surface area contributed by atoms with E-state index in [9.17, 15) is 9.18 Å². The van der Waals surface area contributed by atoms with Gasteiger partial charge in [-0.25, -0.2) is 9.18 Å². The zero-order valence-corrected chi connectivity index (χ0v) is 19.5. The standard InChI is InChI=1S/C25H31FN4O.ClH/c1-30(2)25(19-6-4-3-5-7-19)13-10-21(11-14-25)29-24(31)27-15-12-18-17-28-23-9-8-20(26)16-22(18)23;/h3-9,16-17,21,28H,10-15H2,1-2H3,(H2,27,29,31);1H. The zero-order chi connectivity index (χ0) is 21.8. The van der Waals surface area contributed by atoms with Crippen LogP contribution in [0.15, 0.2) is 54.7 Å². The maximum Gasteiger partial charge on any atom is 0.315 e. The van der Waals surface area contributed by atoms with Crippen LogP contribution in [0.3, 0.4) is 0 Å². The van der Waals surface area contributed by atoms with Gasteiger partial charge in [0.1, 0.15) is 5.82 Å². The molecule has 1 saturated carbocycles. The number of halogens is 2. The fourth-order valence-electron chi connectivity index (χ4n) is 4.89. The summed E-state index contributed by atoms with van der Waals surface area (Å²) < 4.78 is 13.5. The number of aromatic nitrogens is 1. The van der Waals surface area contributed by atoms with Gasteiger partial charge in [-0.05, 0) is 75.5 Å². The summed E-state index contributed by atoms with van der Waals surface area (Å²) >= 11 is 0. The Bertz CT molecular complexity index is 1030. The Morgan fingerprint density at radius 2 is 1.88 bits per heavy atom. The highest BCUT2D eigenvalue weighted by atomic mass is 35.5. The molecule has 2 amide bonds. The summed E-state index contributed by atoms with van der Waals surface area (Å²) in [5.74, 6) is -0.249. The number of aromatic amines is 1. The lowest BCUT2D eigenvalue weighted by atomic mass is 9.74. The van der Waals surface area contributed by atoms with E-state index in [1.54, 1.807) is 6.07 Å². The lowest BCUT2D eigenvalue weighted by Gasteiger charge is -2.45. The minimum Gasteiger partial charge on any atom is -0.361 e. The molecule has 5 nitrogen and oxygen atoms in total. The van der Waals surface area contributed by atoms with E-state index in [0.29, 0.717) is 13.0 Å². The second-order valence-corrected chi connectivity index (χ2v) is 8.72. The number of hydrogen-bond donors (Lipinski definition) is 3. The van der Waals surface area contributed by atoms with Gasteiger partial charge < -0.3 is 15.6 Å². The Hall–Kier alpha value is -2.57. The summed E-state index contributed by atoms with van der Waals surface area (Å²) in [4.78, 5) is 17.9. The van der Waals surface area contributed by atoms with E-state index in [-0.39, 0.29) is 35.8 Å². The Morgan fingerprint density at radius 3 is 2.56 bits per heavy atom. The van der Waals surface area contributed by atoms with Gasteiger partial charge >= 0.3 is 6.03 Å². The van der Waals surface area contributed by atoms with Gasteiger partial charge in [-0.2, -0.15) is 0 Å². The highest BCUT2D eigenvalue weighted by Gasteiger charge is 2.38. The number of fused-ring (bicyclic) bond motifs is 1. The minimum absolute atomic E-state index is 0. The Morgan fingerprint density at radius 1 is 1.16 bits per heavy atom. The van der Waals surface area contributed by atoms with Crippen molar-refractivity contribution in [2.24, 2.45) is 0 Å². The number of nitrogens with zero attached hydrogens (tertiary/aromatic N) is 1. The SMILES string of the molecule is CN(C)C1(c2ccccc2)CCC(NC(=O)NCCc2c[nH]c3ccc(F)cc23)CC1.Cl. The van der Waals surface area contributed by atoms with Crippen molar-refractivity contribution >= 4 is 29.3 Å². The molecule has 1 fully saturated rings. The molecule has 172 valence electrons. The van der Waals surface area contributed by atoms with Crippen molar-refractivity contribution in [3.8, 4) is 0 Å². The van der Waals surface area contributed by atoms with Gasteiger partial charge in [0.15, 0.2) is 0 Å². The molecule has 2 aromatic carbocycles. The van der Waals surface area contributed by atoms with Gasteiger partial charge in [0.2, 0.25) is 0 Å². The zero-order valence-electron chi connectivity index (χ0n) is 18.7. The summed E-state index contributed by atoms with van der Waals surface area (Å²) in [6.07, 6.45) is 6.45. The molecular formula is C25H32ClFN4O. The molecule has 1 aromatic heterocycles. The van der Waals surface area contributed by atoms with Crippen LogP contribution >= 0.6 is 12.4 Å². The average Bonchev–Trinajstić information content (AvgIpc) is 3.17. The third-order valence-electron chi connectivity index (χ3n) is 6.72. The monoisotopic (exact) mass is 458 g/mol. The number of urea groups is 1. The van der Waals surface area contributed by atoms with Gasteiger partial charge in [0, 0.05) is 35.2 Å². The van der Waals surface area contributed by atoms with Gasteiger partial charge in [-0.3, -0.25) is 4.90 Å². The second-order valence-electron chi connectivity index (χ2n) is 8.72. The minimum atomic E-state index is -0.249. The summed E-state index contributed by atoms with van der Waals surface area (Å²) in [6.45, 7) is 0.508. The van der Waals surface area contributed by atoms with E-state index < -0.39 is 0 Å². The molecule has 4 rings (SSSR count). The molecular weight excluding hydrogens is 427 g/mol. The van der Waals surface area contributed by atoms with Crippen LogP contribution in [-0.4, -0.2) is 42.6 Å². The van der Waals surface area contributed by atoms with Crippen LogP contribution in [0.5, 0.6) is 0 Å². The first-order valence-electron chi connectivity index (χ1n) is 11.0. The molecule has 32 heavy (non-hydrogen) atoms. The highest BCUT2D eigenvalue weighted by molar-refractivity contribution is 5.85. The first-order chi connectivity index (χ1) is 15.0. The summed E-state index contributed by atoms with van der Waals surface area (Å²) in [5.41, 5.74) is 3.29. The number of rotatable bonds is 6. The molecule has 0 atom stereocenters. The summed E-state index contributed by atoms with van der Waals surface area (Å²) in [7, 11) is 4.29. The number of amides is 2. The lowest BCUT2D eigenvalue weighted by molar-refractivity contribution is 0.0870. The average molecular weight is 459 g/mol. The molecule has 1 aliphatic carbocycles. The maximum atomic E-state index is 13.5. The molecule has 0 bridgehead atoms. The quantitative estimate of drug-likeness (QED) is 0.488. The normalized spacial score (nSPS) is 20.7. The Labute approximate surface area is 195 Å². The van der Waals surface area contributed by atoms with Crippen LogP contribution in [0.4, 0.5) is 9.18 Å². The fourth-order valence-corrected chi connectivity index (χ4v) is 4.89. The molecule has 0 unspecified atom stereocenters. The van der Waals surface area contributed by atoms with E-state index in [0.717, 1.165) is 42.1 Å². The largest absolute Gasteiger partial charge is 0.361 e. The van der Waals surface area contributed by atoms with Crippen LogP contribution in [0.25, 0.3) is 10.9 Å². The molecule has 0 aliphatic heterocycles. The van der Waals surface area contributed by atoms with Gasteiger partial charge in [0.25, 0.3) is 0 Å². The van der Waals surface area contributed by atoms with Crippen molar-refractivity contribution in [1.29, 1.82) is 0 Å². The third kappa shape index (κ3) is 5.08. The van der Waals surface area contributed by atoms with Crippen LogP contribution in [0, 0.1) is 5.82 Å². The van der Waals surface area contributed by atoms with Crippen LogP contribution in [-0.2, 0) is 12.0 Å². The van der Waals surface area contributed by atoms with E-state index in [2.05, 4.69) is 64.9 Å². The van der Waals surface area contributed by atoms with E-state index >= 15 is 0 Å². The van der Waals surface area contributed by atoms with Crippen LogP contribution in [0.1, 0.15) is 36.8 Å². The number of benzene rings is 2. The molecule has 3 aromatic rings. The topological polar surface area (TPSA) is 60.2 Å². The van der Waals surface area contributed by atoms with Crippen LogP contribution < -0.4 is 10.6 Å². The fraction of sp³-hybridized carbons (Fsp3) is 0.400. The van der Waals surface area contributed by atoms with E-state index in [4.69, 9.17) is 0 Å². The predicted octanol–water partition coefficient (Wildman–Crippen LogP) is 4.97. The van der Waals surface area contributed by atoms with Gasteiger partial charge in [0.05, 0.1) is 0 Å². The molecule has 1 aliphatic rings. The van der Waals surface area contributed by atoms with Crippen molar-refractivity contribution in [3.63, 3.8) is 0 Å². The molecule has 7 heteroatoms.